The molecule has 80 heavy (non-hydrogen) atoms. The van der Waals surface area contributed by atoms with Crippen LogP contribution in [0.15, 0.2) is 290 Å². The molecule has 0 fully saturated rings. The van der Waals surface area contributed by atoms with Crippen molar-refractivity contribution in [1.29, 1.82) is 0 Å². The fourth-order valence-electron chi connectivity index (χ4n) is 14.7. The van der Waals surface area contributed by atoms with Crippen LogP contribution in [0.4, 0.5) is 28.4 Å². The van der Waals surface area contributed by atoms with E-state index in [2.05, 4.69) is 301 Å². The van der Waals surface area contributed by atoms with Gasteiger partial charge in [0.25, 0.3) is 0 Å². The highest BCUT2D eigenvalue weighted by molar-refractivity contribution is 5.94. The highest BCUT2D eigenvalue weighted by Gasteiger charge is 2.48. The predicted octanol–water partition coefficient (Wildman–Crippen LogP) is 19.3. The maximum Gasteiger partial charge on any atom is 0.0714 e. The lowest BCUT2D eigenvalue weighted by Gasteiger charge is -2.37. The Morgan fingerprint density at radius 3 is 1.14 bits per heavy atom. The monoisotopic (exact) mass is 1020 g/mol. The molecule has 0 saturated heterocycles. The Hall–Kier alpha value is -9.76. The van der Waals surface area contributed by atoms with Crippen LogP contribution < -0.4 is 9.80 Å². The molecule has 3 aliphatic carbocycles. The Bertz CT molecular complexity index is 4230. The van der Waals surface area contributed by atoms with Gasteiger partial charge < -0.3 is 9.80 Å². The average molecular weight is 1020 g/mol. The maximum absolute atomic E-state index is 2.53. The van der Waals surface area contributed by atoms with Crippen LogP contribution in [0, 0.1) is 0 Å². The summed E-state index contributed by atoms with van der Waals surface area (Å²) in [6.45, 7) is 0. The standard InChI is InChI=1S/C78H56N2/c1-5-25-59(26-6-1)77(60-27-7-2-8-28-60)69-47-53(39-43-65(69)67-45-41-63(51-71(67)77)79-73-33-17-13-21-55(73)49-56-22-14-18-34-74(56)79)37-38-54-40-44-66-68-46-42-64(80-75-35-19-15-23-57(75)50-58-24-16-20-36-76(58)80)52-72(68)78(70(66)48-54,61-29-9-3-10-30-61)62-31-11-4-12-32-62/h1-15,17-23,25-48,51-52H,16,24,49-50H2/b38-37+. The predicted molar refractivity (Wildman–Crippen MR) is 332 cm³/mol. The number of benzene rings is 11. The number of hydrogen-bond donors (Lipinski definition) is 0. The second-order valence-electron chi connectivity index (χ2n) is 22.2. The van der Waals surface area contributed by atoms with E-state index in [1.807, 2.05) is 0 Å². The van der Waals surface area contributed by atoms with Crippen molar-refractivity contribution in [3.8, 4) is 22.3 Å². The molecule has 2 nitrogen and oxygen atoms in total. The zero-order chi connectivity index (χ0) is 52.8. The molecule has 0 aromatic heterocycles. The van der Waals surface area contributed by atoms with Crippen molar-refractivity contribution in [1.82, 2.24) is 0 Å². The molecule has 11 aromatic rings. The smallest absolute Gasteiger partial charge is 0.0714 e. The van der Waals surface area contributed by atoms with Gasteiger partial charge in [-0.1, -0.05) is 231 Å². The largest absolute Gasteiger partial charge is 0.310 e. The minimum atomic E-state index is -0.591. The van der Waals surface area contributed by atoms with Gasteiger partial charge in [0.1, 0.15) is 0 Å². The van der Waals surface area contributed by atoms with E-state index in [0.29, 0.717) is 0 Å². The van der Waals surface area contributed by atoms with Gasteiger partial charge in [-0.15, -0.1) is 0 Å². The van der Waals surface area contributed by atoms with Crippen molar-refractivity contribution >= 4 is 40.6 Å². The summed E-state index contributed by atoms with van der Waals surface area (Å²) in [5, 5.41) is 0. The van der Waals surface area contributed by atoms with Crippen LogP contribution in [0.5, 0.6) is 0 Å². The zero-order valence-corrected chi connectivity index (χ0v) is 44.4. The molecular weight excluding hydrogens is 965 g/mol. The Kier molecular flexibility index (Phi) is 10.7. The van der Waals surface area contributed by atoms with Gasteiger partial charge in [0.2, 0.25) is 0 Å². The van der Waals surface area contributed by atoms with Crippen molar-refractivity contribution in [2.45, 2.75) is 36.5 Å². The first-order valence-corrected chi connectivity index (χ1v) is 28.4. The molecule has 378 valence electrons. The minimum Gasteiger partial charge on any atom is -0.310 e. The summed E-state index contributed by atoms with van der Waals surface area (Å²) < 4.78 is 0. The molecule has 0 amide bonds. The third kappa shape index (κ3) is 6.91. The molecule has 0 unspecified atom stereocenters. The summed E-state index contributed by atoms with van der Waals surface area (Å²) >= 11 is 0. The molecule has 2 heterocycles. The van der Waals surface area contributed by atoms with Crippen LogP contribution in [0.1, 0.15) is 85.2 Å². The van der Waals surface area contributed by atoms with Crippen LogP contribution in [-0.4, -0.2) is 0 Å². The Morgan fingerprint density at radius 1 is 0.325 bits per heavy atom. The number of rotatable bonds is 8. The first-order valence-electron chi connectivity index (χ1n) is 28.4. The number of anilines is 5. The summed E-state index contributed by atoms with van der Waals surface area (Å²) in [4.78, 5) is 5.02. The lowest BCUT2D eigenvalue weighted by molar-refractivity contribution is 0.767. The molecule has 0 radical (unpaired) electrons. The van der Waals surface area contributed by atoms with Crippen LogP contribution in [0.25, 0.3) is 34.4 Å². The fourth-order valence-corrected chi connectivity index (χ4v) is 14.7. The second-order valence-corrected chi connectivity index (χ2v) is 22.2. The number of para-hydroxylation sites is 3. The number of hydrogen-bond acceptors (Lipinski definition) is 2. The van der Waals surface area contributed by atoms with Crippen LogP contribution in [0.3, 0.4) is 0 Å². The van der Waals surface area contributed by atoms with Gasteiger partial charge in [0.05, 0.1) is 10.8 Å². The third-order valence-corrected chi connectivity index (χ3v) is 18.1. The van der Waals surface area contributed by atoms with E-state index in [-0.39, 0.29) is 0 Å². The van der Waals surface area contributed by atoms with E-state index in [0.717, 1.165) is 42.5 Å². The zero-order valence-electron chi connectivity index (χ0n) is 44.4. The SMILES string of the molecule is C1=CC2=C(CC1)Cc1ccccc1N2c1ccc2c(c1)C(c1ccccc1)(c1ccccc1)c1cc(/C=C/c3ccc4c(c3)C(c3ccccc3)(c3ccccc3)c3cc(N5c6ccccc6Cc6ccccc65)ccc3-4)ccc1-2. The van der Waals surface area contributed by atoms with Crippen LogP contribution >= 0.6 is 0 Å². The molecule has 0 spiro atoms. The molecule has 0 N–H and O–H groups in total. The Labute approximate surface area is 469 Å². The van der Waals surface area contributed by atoms with E-state index in [1.54, 1.807) is 0 Å². The third-order valence-electron chi connectivity index (χ3n) is 18.1. The first kappa shape index (κ1) is 46.3. The van der Waals surface area contributed by atoms with E-state index >= 15 is 0 Å². The number of allylic oxidation sites excluding steroid dienone is 3. The second kappa shape index (κ2) is 18.4. The fraction of sp³-hybridized carbons (Fsp3) is 0.0769. The van der Waals surface area contributed by atoms with E-state index in [9.17, 15) is 0 Å². The topological polar surface area (TPSA) is 6.48 Å². The Balaban J connectivity index is 0.847. The summed E-state index contributed by atoms with van der Waals surface area (Å²) in [6.07, 6.45) is 13.5. The van der Waals surface area contributed by atoms with Crippen LogP contribution in [-0.2, 0) is 23.7 Å². The van der Waals surface area contributed by atoms with Gasteiger partial charge in [-0.25, -0.2) is 0 Å². The lowest BCUT2D eigenvalue weighted by atomic mass is 9.67. The average Bonchev–Trinajstić information content (AvgIpc) is 4.02. The highest BCUT2D eigenvalue weighted by atomic mass is 15.2. The first-order chi connectivity index (χ1) is 39.7. The van der Waals surface area contributed by atoms with Gasteiger partial charge >= 0.3 is 0 Å². The van der Waals surface area contributed by atoms with Gasteiger partial charge in [0.15, 0.2) is 0 Å². The maximum atomic E-state index is 2.53. The normalized spacial score (nSPS) is 15.6. The highest BCUT2D eigenvalue weighted by Crippen LogP contribution is 2.60. The molecule has 5 aliphatic rings. The Morgan fingerprint density at radius 2 is 0.688 bits per heavy atom. The van der Waals surface area contributed by atoms with E-state index in [4.69, 9.17) is 0 Å². The molecule has 16 rings (SSSR count). The van der Waals surface area contributed by atoms with Crippen molar-refractivity contribution in [2.75, 3.05) is 9.80 Å². The van der Waals surface area contributed by atoms with Gasteiger partial charge in [-0.3, -0.25) is 0 Å². The summed E-state index contributed by atoms with van der Waals surface area (Å²) in [5.41, 5.74) is 29.4. The van der Waals surface area contributed by atoms with Gasteiger partial charge in [0, 0.05) is 40.6 Å². The number of fused-ring (bicyclic) bond motifs is 9. The van der Waals surface area contributed by atoms with Crippen molar-refractivity contribution in [3.63, 3.8) is 0 Å². The van der Waals surface area contributed by atoms with Gasteiger partial charge in [-0.2, -0.15) is 0 Å². The summed E-state index contributed by atoms with van der Waals surface area (Å²) in [7, 11) is 0. The van der Waals surface area contributed by atoms with E-state index < -0.39 is 10.8 Å². The van der Waals surface area contributed by atoms with Gasteiger partial charge in [-0.05, 0) is 180 Å². The molecule has 0 atom stereocenters. The molecule has 0 saturated carbocycles. The van der Waals surface area contributed by atoms with Crippen molar-refractivity contribution in [3.05, 3.63) is 363 Å². The quantitative estimate of drug-likeness (QED) is 0.140. The van der Waals surface area contributed by atoms with Crippen molar-refractivity contribution in [2.24, 2.45) is 0 Å². The van der Waals surface area contributed by atoms with Crippen LogP contribution in [0.2, 0.25) is 0 Å². The molecular formula is C78H56N2. The molecule has 2 heteroatoms. The van der Waals surface area contributed by atoms with E-state index in [1.165, 1.54) is 117 Å². The number of nitrogens with zero attached hydrogens (tertiary/aromatic N) is 2. The lowest BCUT2D eigenvalue weighted by Crippen LogP contribution is -2.29. The summed E-state index contributed by atoms with van der Waals surface area (Å²) in [5.74, 6) is 0. The van der Waals surface area contributed by atoms with Crippen molar-refractivity contribution < 1.29 is 0 Å². The molecule has 2 aliphatic heterocycles. The minimum absolute atomic E-state index is 0.580. The molecule has 11 aromatic carbocycles. The molecule has 0 bridgehead atoms. The summed E-state index contributed by atoms with van der Waals surface area (Å²) in [6, 6.07) is 101.